The molecule has 1 aromatic carbocycles. The van der Waals surface area contributed by atoms with E-state index >= 15 is 0 Å². The van der Waals surface area contributed by atoms with E-state index in [1.807, 2.05) is 57.4 Å². The number of alkyl halides is 1. The Morgan fingerprint density at radius 1 is 1.29 bits per heavy atom. The molecule has 0 bridgehead atoms. The molecule has 0 saturated heterocycles. The highest BCUT2D eigenvalue weighted by Gasteiger charge is 2.24. The Balaban J connectivity index is 2.60. The summed E-state index contributed by atoms with van der Waals surface area (Å²) < 4.78 is 1.96. The lowest BCUT2D eigenvalue weighted by Gasteiger charge is -2.20. The molecule has 1 heterocycles. The summed E-state index contributed by atoms with van der Waals surface area (Å²) in [7, 11) is 0. The van der Waals surface area contributed by atoms with E-state index in [0.717, 1.165) is 22.4 Å². The summed E-state index contributed by atoms with van der Waals surface area (Å²) in [6, 6.07) is 5.70. The number of benzene rings is 1. The lowest BCUT2D eigenvalue weighted by Crippen LogP contribution is -2.36. The monoisotopic (exact) mass is 307 g/mol. The Labute approximate surface area is 130 Å². The Kier molecular flexibility index (Phi) is 4.57. The highest BCUT2D eigenvalue weighted by Crippen LogP contribution is 2.29. The number of nitrogens with one attached hydrogen (secondary N) is 1. The van der Waals surface area contributed by atoms with Crippen molar-refractivity contribution in [3.8, 4) is 0 Å². The van der Waals surface area contributed by atoms with Gasteiger partial charge in [-0.3, -0.25) is 4.79 Å². The second-order valence-corrected chi connectivity index (χ2v) is 6.39. The van der Waals surface area contributed by atoms with Gasteiger partial charge in [0.2, 0.25) is 5.91 Å². The van der Waals surface area contributed by atoms with Crippen molar-refractivity contribution in [1.82, 2.24) is 14.9 Å². The van der Waals surface area contributed by atoms with E-state index in [-0.39, 0.29) is 23.4 Å². The zero-order valence-corrected chi connectivity index (χ0v) is 13.9. The molecule has 5 heteroatoms. The van der Waals surface area contributed by atoms with E-state index in [2.05, 4.69) is 10.3 Å². The van der Waals surface area contributed by atoms with Gasteiger partial charge >= 0.3 is 0 Å². The van der Waals surface area contributed by atoms with Gasteiger partial charge in [0.25, 0.3) is 0 Å². The van der Waals surface area contributed by atoms with Crippen LogP contribution in [0.2, 0.25) is 0 Å². The first-order chi connectivity index (χ1) is 9.82. The number of aryl methyl sites for hydroxylation is 1. The molecule has 0 fully saturated rings. The van der Waals surface area contributed by atoms with Crippen molar-refractivity contribution in [3.63, 3.8) is 0 Å². The van der Waals surface area contributed by atoms with E-state index in [0.29, 0.717) is 0 Å². The molecule has 0 spiro atoms. The van der Waals surface area contributed by atoms with Gasteiger partial charge in [0.1, 0.15) is 11.9 Å². The van der Waals surface area contributed by atoms with Crippen LogP contribution in [0.3, 0.4) is 0 Å². The summed E-state index contributed by atoms with van der Waals surface area (Å²) in [5, 5.41) is 2.69. The number of imidazole rings is 1. The minimum atomic E-state index is -0.352. The molecule has 0 aliphatic rings. The predicted octanol–water partition coefficient (Wildman–Crippen LogP) is 3.73. The normalized spacial score (nSPS) is 14.4. The van der Waals surface area contributed by atoms with Gasteiger partial charge in [0.05, 0.1) is 16.4 Å². The van der Waals surface area contributed by atoms with Gasteiger partial charge in [-0.25, -0.2) is 4.98 Å². The first-order valence-corrected chi connectivity index (χ1v) is 7.68. The molecule has 2 rings (SSSR count). The number of fused-ring (bicyclic) bond motifs is 1. The van der Waals surface area contributed by atoms with E-state index in [4.69, 9.17) is 11.6 Å². The standard InChI is InChI=1S/C16H22ClN3O/c1-9(2)18-16(21)12(5)20-14-10(3)7-6-8-13(14)19-15(20)11(4)17/h6-9,11-12H,1-5H3,(H,18,21). The van der Waals surface area contributed by atoms with Crippen molar-refractivity contribution >= 4 is 28.5 Å². The largest absolute Gasteiger partial charge is 0.352 e. The number of nitrogens with zero attached hydrogens (tertiary/aromatic N) is 2. The average molecular weight is 308 g/mol. The molecule has 2 aromatic rings. The molecule has 1 N–H and O–H groups in total. The molecule has 0 saturated carbocycles. The van der Waals surface area contributed by atoms with Gasteiger partial charge in [-0.2, -0.15) is 0 Å². The lowest BCUT2D eigenvalue weighted by molar-refractivity contribution is -0.124. The van der Waals surface area contributed by atoms with E-state index in [1.165, 1.54) is 0 Å². The number of hydrogen-bond acceptors (Lipinski definition) is 2. The summed E-state index contributed by atoms with van der Waals surface area (Å²) in [5.41, 5.74) is 2.95. The Hall–Kier alpha value is -1.55. The van der Waals surface area contributed by atoms with Crippen LogP contribution in [0.1, 0.15) is 50.5 Å². The summed E-state index contributed by atoms with van der Waals surface area (Å²) in [6.07, 6.45) is 0. The van der Waals surface area contributed by atoms with E-state index in [9.17, 15) is 4.79 Å². The maximum Gasteiger partial charge on any atom is 0.243 e. The van der Waals surface area contributed by atoms with Crippen LogP contribution in [0.15, 0.2) is 18.2 Å². The third-order valence-electron chi connectivity index (χ3n) is 3.49. The van der Waals surface area contributed by atoms with Crippen LogP contribution in [0.5, 0.6) is 0 Å². The molecule has 0 radical (unpaired) electrons. The smallest absolute Gasteiger partial charge is 0.243 e. The molecule has 114 valence electrons. The zero-order valence-electron chi connectivity index (χ0n) is 13.1. The summed E-state index contributed by atoms with van der Waals surface area (Å²) in [4.78, 5) is 17.0. The van der Waals surface area contributed by atoms with Gasteiger partial charge in [-0.05, 0) is 46.2 Å². The molecule has 2 unspecified atom stereocenters. The van der Waals surface area contributed by atoms with Gasteiger partial charge in [0.15, 0.2) is 0 Å². The van der Waals surface area contributed by atoms with Gasteiger partial charge in [-0.15, -0.1) is 11.6 Å². The van der Waals surface area contributed by atoms with Crippen molar-refractivity contribution in [2.75, 3.05) is 0 Å². The van der Waals surface area contributed by atoms with E-state index in [1.54, 1.807) is 0 Å². The number of rotatable bonds is 4. The van der Waals surface area contributed by atoms with E-state index < -0.39 is 0 Å². The number of carbonyl (C=O) groups excluding carboxylic acids is 1. The van der Waals surface area contributed by atoms with Crippen molar-refractivity contribution in [3.05, 3.63) is 29.6 Å². The molecule has 1 amide bonds. The van der Waals surface area contributed by atoms with Crippen molar-refractivity contribution in [2.24, 2.45) is 0 Å². The van der Waals surface area contributed by atoms with Crippen molar-refractivity contribution < 1.29 is 4.79 Å². The summed E-state index contributed by atoms with van der Waals surface area (Å²) >= 11 is 6.27. The fourth-order valence-corrected chi connectivity index (χ4v) is 2.69. The third-order valence-corrected chi connectivity index (χ3v) is 3.69. The minimum absolute atomic E-state index is 0.0221. The lowest BCUT2D eigenvalue weighted by atomic mass is 10.2. The second kappa shape index (κ2) is 6.06. The van der Waals surface area contributed by atoms with Crippen LogP contribution < -0.4 is 5.32 Å². The molecular weight excluding hydrogens is 286 g/mol. The number of halogens is 1. The van der Waals surface area contributed by atoms with Crippen molar-refractivity contribution in [2.45, 2.75) is 52.1 Å². The summed E-state index contributed by atoms with van der Waals surface area (Å²) in [5.74, 6) is 0.707. The first-order valence-electron chi connectivity index (χ1n) is 7.24. The second-order valence-electron chi connectivity index (χ2n) is 5.74. The van der Waals surface area contributed by atoms with Crippen LogP contribution in [0.25, 0.3) is 11.0 Å². The van der Waals surface area contributed by atoms with Gasteiger partial charge < -0.3 is 9.88 Å². The quantitative estimate of drug-likeness (QED) is 0.875. The Morgan fingerprint density at radius 2 is 1.95 bits per heavy atom. The average Bonchev–Trinajstić information content (AvgIpc) is 2.78. The predicted molar refractivity (Wildman–Crippen MR) is 86.7 cm³/mol. The van der Waals surface area contributed by atoms with Crippen LogP contribution in [-0.2, 0) is 4.79 Å². The first kappa shape index (κ1) is 15.8. The SMILES string of the molecule is Cc1cccc2nc(C(C)Cl)n(C(C)C(=O)NC(C)C)c12. The third kappa shape index (κ3) is 3.05. The maximum absolute atomic E-state index is 12.4. The highest BCUT2D eigenvalue weighted by atomic mass is 35.5. The van der Waals surface area contributed by atoms with Crippen LogP contribution in [-0.4, -0.2) is 21.5 Å². The maximum atomic E-state index is 12.4. The molecule has 4 nitrogen and oxygen atoms in total. The molecule has 2 atom stereocenters. The zero-order chi connectivity index (χ0) is 15.7. The molecule has 0 aliphatic heterocycles. The van der Waals surface area contributed by atoms with Crippen molar-refractivity contribution in [1.29, 1.82) is 0 Å². The van der Waals surface area contributed by atoms with Gasteiger partial charge in [-0.1, -0.05) is 12.1 Å². The molecule has 21 heavy (non-hydrogen) atoms. The number of amides is 1. The Morgan fingerprint density at radius 3 is 2.52 bits per heavy atom. The highest BCUT2D eigenvalue weighted by molar-refractivity contribution is 6.20. The molecule has 0 aliphatic carbocycles. The van der Waals surface area contributed by atoms with Crippen LogP contribution in [0.4, 0.5) is 0 Å². The molecule has 1 aromatic heterocycles. The Bertz CT molecular complexity index is 661. The fourth-order valence-electron chi connectivity index (χ4n) is 2.53. The topological polar surface area (TPSA) is 46.9 Å². The minimum Gasteiger partial charge on any atom is -0.352 e. The fraction of sp³-hybridized carbons (Fsp3) is 0.500. The number of para-hydroxylation sites is 1. The summed E-state index contributed by atoms with van der Waals surface area (Å²) in [6.45, 7) is 9.69. The van der Waals surface area contributed by atoms with Crippen LogP contribution in [0, 0.1) is 6.92 Å². The van der Waals surface area contributed by atoms with Gasteiger partial charge in [0, 0.05) is 6.04 Å². The van der Waals surface area contributed by atoms with Crippen LogP contribution >= 0.6 is 11.6 Å². The number of aromatic nitrogens is 2. The number of hydrogen-bond donors (Lipinski definition) is 1. The molecular formula is C16H22ClN3O. The number of carbonyl (C=O) groups is 1.